The minimum atomic E-state index is -0.461. The molecule has 3 rings (SSSR count). The summed E-state index contributed by atoms with van der Waals surface area (Å²) in [4.78, 5) is 26.6. The van der Waals surface area contributed by atoms with E-state index in [-0.39, 0.29) is 11.7 Å². The number of rotatable bonds is 5. The Bertz CT molecular complexity index is 798. The number of nitro benzene ring substituents is 1. The van der Waals surface area contributed by atoms with Crippen LogP contribution in [0.2, 0.25) is 0 Å². The maximum Gasteiger partial charge on any atom is 0.321 e. The smallest absolute Gasteiger partial charge is 0.321 e. The fraction of sp³-hybridized carbons (Fsp3) is 0.250. The zero-order valence-corrected chi connectivity index (χ0v) is 15.0. The molecule has 1 saturated heterocycles. The number of amides is 2. The van der Waals surface area contributed by atoms with Crippen LogP contribution in [-0.4, -0.2) is 53.5 Å². The SMILES string of the molecule is O=C(Nc1ccc([N+](=O)[O-])cc1)N1CCN(CC=Cc2ccccc2)CC1. The Labute approximate surface area is 158 Å². The van der Waals surface area contributed by atoms with Crippen molar-refractivity contribution in [2.45, 2.75) is 0 Å². The fourth-order valence-corrected chi connectivity index (χ4v) is 2.90. The second kappa shape index (κ2) is 8.95. The lowest BCUT2D eigenvalue weighted by Crippen LogP contribution is -2.49. The van der Waals surface area contributed by atoms with Crippen LogP contribution < -0.4 is 5.32 Å². The second-order valence-electron chi connectivity index (χ2n) is 6.33. The van der Waals surface area contributed by atoms with Gasteiger partial charge < -0.3 is 10.2 Å². The maximum atomic E-state index is 12.3. The van der Waals surface area contributed by atoms with E-state index in [4.69, 9.17) is 0 Å². The van der Waals surface area contributed by atoms with Crippen molar-refractivity contribution >= 4 is 23.5 Å². The minimum absolute atomic E-state index is 0.00479. The van der Waals surface area contributed by atoms with Gasteiger partial charge in [-0.3, -0.25) is 15.0 Å². The molecule has 0 atom stereocenters. The van der Waals surface area contributed by atoms with Gasteiger partial charge in [-0.05, 0) is 17.7 Å². The first kappa shape index (κ1) is 18.6. The summed E-state index contributed by atoms with van der Waals surface area (Å²) < 4.78 is 0. The number of carbonyl (C=O) groups is 1. The molecule has 1 aliphatic heterocycles. The summed E-state index contributed by atoms with van der Waals surface area (Å²) in [6.07, 6.45) is 4.25. The summed E-state index contributed by atoms with van der Waals surface area (Å²) in [6.45, 7) is 3.78. The highest BCUT2D eigenvalue weighted by atomic mass is 16.6. The summed E-state index contributed by atoms with van der Waals surface area (Å²) >= 11 is 0. The molecule has 2 amide bonds. The third kappa shape index (κ3) is 5.39. The lowest BCUT2D eigenvalue weighted by molar-refractivity contribution is -0.384. The Kier molecular flexibility index (Phi) is 6.17. The van der Waals surface area contributed by atoms with Gasteiger partial charge in [0.15, 0.2) is 0 Å². The van der Waals surface area contributed by atoms with Gasteiger partial charge in [0.25, 0.3) is 5.69 Å². The average molecular weight is 366 g/mol. The Morgan fingerprint density at radius 1 is 1.04 bits per heavy atom. The van der Waals surface area contributed by atoms with Crippen LogP contribution in [-0.2, 0) is 0 Å². The largest absolute Gasteiger partial charge is 0.322 e. The highest BCUT2D eigenvalue weighted by Crippen LogP contribution is 2.16. The van der Waals surface area contributed by atoms with Crippen LogP contribution in [0, 0.1) is 10.1 Å². The molecule has 0 radical (unpaired) electrons. The van der Waals surface area contributed by atoms with Crippen LogP contribution in [0.5, 0.6) is 0 Å². The predicted molar refractivity (Wildman–Crippen MR) is 106 cm³/mol. The van der Waals surface area contributed by atoms with E-state index in [9.17, 15) is 14.9 Å². The van der Waals surface area contributed by atoms with Crippen molar-refractivity contribution in [1.29, 1.82) is 0 Å². The third-order valence-electron chi connectivity index (χ3n) is 4.46. The van der Waals surface area contributed by atoms with Crippen molar-refractivity contribution in [3.8, 4) is 0 Å². The number of hydrogen-bond acceptors (Lipinski definition) is 4. The van der Waals surface area contributed by atoms with Crippen molar-refractivity contribution in [2.24, 2.45) is 0 Å². The molecule has 2 aromatic rings. The van der Waals surface area contributed by atoms with Gasteiger partial charge >= 0.3 is 6.03 Å². The number of nitrogens with zero attached hydrogens (tertiary/aromatic N) is 3. The number of benzene rings is 2. The number of hydrogen-bond donors (Lipinski definition) is 1. The van der Waals surface area contributed by atoms with E-state index in [2.05, 4.69) is 34.5 Å². The molecule has 140 valence electrons. The molecule has 1 heterocycles. The predicted octanol–water partition coefficient (Wildman–Crippen LogP) is 3.46. The molecule has 1 N–H and O–H groups in total. The van der Waals surface area contributed by atoms with E-state index >= 15 is 0 Å². The van der Waals surface area contributed by atoms with E-state index in [0.29, 0.717) is 18.8 Å². The molecular formula is C20H22N4O3. The van der Waals surface area contributed by atoms with E-state index in [1.807, 2.05) is 18.2 Å². The highest BCUT2D eigenvalue weighted by Gasteiger charge is 2.20. The van der Waals surface area contributed by atoms with Gasteiger partial charge in [-0.25, -0.2) is 4.79 Å². The molecule has 0 bridgehead atoms. The highest BCUT2D eigenvalue weighted by molar-refractivity contribution is 5.89. The molecule has 27 heavy (non-hydrogen) atoms. The minimum Gasteiger partial charge on any atom is -0.322 e. The number of nitrogens with one attached hydrogen (secondary N) is 1. The molecule has 1 fully saturated rings. The molecule has 0 unspecified atom stereocenters. The Morgan fingerprint density at radius 3 is 2.33 bits per heavy atom. The summed E-state index contributed by atoms with van der Waals surface area (Å²) in [6, 6.07) is 15.8. The van der Waals surface area contributed by atoms with Gasteiger partial charge in [-0.15, -0.1) is 0 Å². The van der Waals surface area contributed by atoms with Crippen molar-refractivity contribution in [3.63, 3.8) is 0 Å². The van der Waals surface area contributed by atoms with Crippen molar-refractivity contribution in [3.05, 3.63) is 76.4 Å². The van der Waals surface area contributed by atoms with Crippen LogP contribution in [0.15, 0.2) is 60.7 Å². The Hall–Kier alpha value is -3.19. The van der Waals surface area contributed by atoms with Crippen molar-refractivity contribution in [2.75, 3.05) is 38.0 Å². The Morgan fingerprint density at radius 2 is 1.70 bits per heavy atom. The monoisotopic (exact) mass is 366 g/mol. The summed E-state index contributed by atoms with van der Waals surface area (Å²) in [5.74, 6) is 0. The lowest BCUT2D eigenvalue weighted by atomic mass is 10.2. The molecule has 0 saturated carbocycles. The van der Waals surface area contributed by atoms with Gasteiger partial charge in [-0.2, -0.15) is 0 Å². The van der Waals surface area contributed by atoms with Crippen LogP contribution >= 0.6 is 0 Å². The molecule has 0 spiro atoms. The van der Waals surface area contributed by atoms with Crippen molar-refractivity contribution in [1.82, 2.24) is 9.80 Å². The standard InChI is InChI=1S/C20H22N4O3/c25-20(21-18-8-10-19(11-9-18)24(26)27)23-15-13-22(14-16-23)12-4-7-17-5-2-1-3-6-17/h1-11H,12-16H2,(H,21,25). The number of nitro groups is 1. The van der Waals surface area contributed by atoms with E-state index in [1.165, 1.54) is 17.7 Å². The zero-order chi connectivity index (χ0) is 19.1. The van der Waals surface area contributed by atoms with Gasteiger partial charge in [-0.1, -0.05) is 42.5 Å². The second-order valence-corrected chi connectivity index (χ2v) is 6.33. The number of non-ortho nitro benzene ring substituents is 1. The first-order valence-electron chi connectivity index (χ1n) is 8.86. The van der Waals surface area contributed by atoms with Gasteiger partial charge in [0.05, 0.1) is 4.92 Å². The number of urea groups is 1. The maximum absolute atomic E-state index is 12.3. The van der Waals surface area contributed by atoms with Gasteiger partial charge in [0, 0.05) is 50.5 Å². The van der Waals surface area contributed by atoms with E-state index in [1.54, 1.807) is 17.0 Å². The lowest BCUT2D eigenvalue weighted by Gasteiger charge is -2.34. The van der Waals surface area contributed by atoms with Crippen LogP contribution in [0.4, 0.5) is 16.2 Å². The molecule has 0 aliphatic carbocycles. The quantitative estimate of drug-likeness (QED) is 0.649. The average Bonchev–Trinajstić information content (AvgIpc) is 2.70. The summed E-state index contributed by atoms with van der Waals surface area (Å²) in [5.41, 5.74) is 1.74. The summed E-state index contributed by atoms with van der Waals surface area (Å²) in [7, 11) is 0. The molecule has 7 nitrogen and oxygen atoms in total. The van der Waals surface area contributed by atoms with Crippen LogP contribution in [0.3, 0.4) is 0 Å². The zero-order valence-electron chi connectivity index (χ0n) is 15.0. The first-order chi connectivity index (χ1) is 13.1. The number of carbonyl (C=O) groups excluding carboxylic acids is 1. The normalized spacial score (nSPS) is 15.0. The van der Waals surface area contributed by atoms with Crippen LogP contribution in [0.25, 0.3) is 6.08 Å². The molecule has 0 aromatic heterocycles. The molecular weight excluding hydrogens is 344 g/mol. The van der Waals surface area contributed by atoms with E-state index < -0.39 is 4.92 Å². The van der Waals surface area contributed by atoms with E-state index in [0.717, 1.165) is 19.6 Å². The number of anilines is 1. The third-order valence-corrected chi connectivity index (χ3v) is 4.46. The molecule has 2 aromatic carbocycles. The van der Waals surface area contributed by atoms with Crippen molar-refractivity contribution < 1.29 is 9.72 Å². The first-order valence-corrected chi connectivity index (χ1v) is 8.86. The summed E-state index contributed by atoms with van der Waals surface area (Å²) in [5, 5.41) is 13.5. The van der Waals surface area contributed by atoms with Gasteiger partial charge in [0.2, 0.25) is 0 Å². The number of piperazine rings is 1. The van der Waals surface area contributed by atoms with Crippen LogP contribution in [0.1, 0.15) is 5.56 Å². The topological polar surface area (TPSA) is 78.7 Å². The molecule has 7 heteroatoms. The Balaban J connectivity index is 1.43. The van der Waals surface area contributed by atoms with Gasteiger partial charge in [0.1, 0.15) is 0 Å². The fourth-order valence-electron chi connectivity index (χ4n) is 2.90. The molecule has 1 aliphatic rings.